The van der Waals surface area contributed by atoms with Gasteiger partial charge in [0, 0.05) is 0 Å². The van der Waals surface area contributed by atoms with Gasteiger partial charge >= 0.3 is 18.5 Å². The van der Waals surface area contributed by atoms with Gasteiger partial charge in [-0.1, -0.05) is 11.6 Å². The van der Waals surface area contributed by atoms with E-state index in [4.69, 9.17) is 0 Å². The molecule has 0 fully saturated rings. The van der Waals surface area contributed by atoms with E-state index in [1.807, 2.05) is 0 Å². The van der Waals surface area contributed by atoms with Crippen LogP contribution in [0, 0.1) is 0 Å². The second-order valence-corrected chi connectivity index (χ2v) is 2.56. The molecule has 0 aliphatic rings. The summed E-state index contributed by atoms with van der Waals surface area (Å²) < 4.78 is 105. The average molecular weight is 266 g/mol. The Morgan fingerprint density at radius 2 is 0.867 bits per heavy atom. The molecular weight excluding hydrogens is 266 g/mol. The minimum absolute atomic E-state index is 3.23. The van der Waals surface area contributed by atoms with Gasteiger partial charge in [0.05, 0.1) is 0 Å². The highest BCUT2D eigenvalue weighted by Gasteiger charge is 2.57. The maximum absolute atomic E-state index is 11.6. The van der Waals surface area contributed by atoms with Crippen LogP contribution in [0.2, 0.25) is 0 Å². The normalized spacial score (nSPS) is 14.0. The highest BCUT2D eigenvalue weighted by atomic mass is 35.5. The number of hydrogen-bond acceptors (Lipinski definition) is 0. The van der Waals surface area contributed by atoms with Gasteiger partial charge in [0.25, 0.3) is 0 Å². The second kappa shape index (κ2) is 3.76. The summed E-state index contributed by atoms with van der Waals surface area (Å²) in [6.45, 7) is 0. The molecule has 0 atom stereocenters. The Balaban J connectivity index is 5.71. The predicted octanol–water partition coefficient (Wildman–Crippen LogP) is 4.17. The van der Waals surface area contributed by atoms with Crippen molar-refractivity contribution in [1.82, 2.24) is 0 Å². The molecule has 0 saturated heterocycles. The molecular formula is C5ClF9. The van der Waals surface area contributed by atoms with Crippen LogP contribution >= 0.6 is 11.6 Å². The van der Waals surface area contributed by atoms with Gasteiger partial charge in [-0.15, -0.1) is 0 Å². The first-order valence-corrected chi connectivity index (χ1v) is 3.27. The third-order valence-electron chi connectivity index (χ3n) is 1.04. The SMILES string of the molecule is FC(F)(F)C(Cl)=C(C(F)(F)F)C(F)(F)F. The average Bonchev–Trinajstić information content (AvgIpc) is 1.76. The van der Waals surface area contributed by atoms with Crippen LogP contribution < -0.4 is 0 Å². The van der Waals surface area contributed by atoms with E-state index in [0.29, 0.717) is 0 Å². The van der Waals surface area contributed by atoms with E-state index in [0.717, 1.165) is 0 Å². The number of allylic oxidation sites excluding steroid dienone is 2. The van der Waals surface area contributed by atoms with Gasteiger partial charge in [-0.25, -0.2) is 0 Å². The minimum atomic E-state index is -6.22. The largest absolute Gasteiger partial charge is 0.427 e. The summed E-state index contributed by atoms with van der Waals surface area (Å²) in [5.74, 6) is 0. The van der Waals surface area contributed by atoms with Crippen LogP contribution in [-0.2, 0) is 0 Å². The van der Waals surface area contributed by atoms with E-state index < -0.39 is 29.1 Å². The molecule has 0 aromatic carbocycles. The van der Waals surface area contributed by atoms with Crippen molar-refractivity contribution in [2.45, 2.75) is 18.5 Å². The molecule has 0 bridgehead atoms. The molecule has 0 radical (unpaired) electrons. The van der Waals surface area contributed by atoms with Gasteiger partial charge in [0.2, 0.25) is 0 Å². The molecule has 0 N–H and O–H groups in total. The smallest absolute Gasteiger partial charge is 0.166 e. The van der Waals surface area contributed by atoms with Crippen molar-refractivity contribution in [3.8, 4) is 0 Å². The Kier molecular flexibility index (Phi) is 3.61. The Hall–Kier alpha value is -0.600. The van der Waals surface area contributed by atoms with Crippen molar-refractivity contribution in [2.75, 3.05) is 0 Å². The van der Waals surface area contributed by atoms with Crippen molar-refractivity contribution in [2.24, 2.45) is 0 Å². The highest BCUT2D eigenvalue weighted by Crippen LogP contribution is 2.45. The lowest BCUT2D eigenvalue weighted by Crippen LogP contribution is -2.30. The molecule has 0 aromatic heterocycles. The quantitative estimate of drug-likeness (QED) is 0.577. The van der Waals surface area contributed by atoms with E-state index in [2.05, 4.69) is 11.6 Å². The molecule has 0 rings (SSSR count). The lowest BCUT2D eigenvalue weighted by Gasteiger charge is -2.18. The summed E-state index contributed by atoms with van der Waals surface area (Å²) in [5, 5.41) is -3.23. The van der Waals surface area contributed by atoms with Crippen molar-refractivity contribution in [3.63, 3.8) is 0 Å². The monoisotopic (exact) mass is 266 g/mol. The first-order chi connectivity index (χ1) is 6.28. The number of alkyl halides is 9. The van der Waals surface area contributed by atoms with Gasteiger partial charge in [-0.05, 0) is 0 Å². The highest BCUT2D eigenvalue weighted by molar-refractivity contribution is 6.30. The summed E-state index contributed by atoms with van der Waals surface area (Å²) in [6.07, 6.45) is -18.3. The molecule has 0 aliphatic heterocycles. The van der Waals surface area contributed by atoms with Crippen LogP contribution in [0.25, 0.3) is 0 Å². The van der Waals surface area contributed by atoms with Crippen LogP contribution in [0.4, 0.5) is 39.5 Å². The standard InChI is InChI=1S/C5ClF9/c6-2(5(13,14)15)1(3(7,8)9)4(10,11)12. The molecule has 0 aromatic rings. The van der Waals surface area contributed by atoms with Crippen molar-refractivity contribution in [3.05, 3.63) is 10.6 Å². The van der Waals surface area contributed by atoms with E-state index in [1.165, 1.54) is 0 Å². The zero-order valence-corrected chi connectivity index (χ0v) is 7.04. The molecule has 0 unspecified atom stereocenters. The zero-order chi connectivity index (χ0) is 12.7. The fourth-order valence-corrected chi connectivity index (χ4v) is 0.766. The van der Waals surface area contributed by atoms with Crippen LogP contribution in [0.1, 0.15) is 0 Å². The van der Waals surface area contributed by atoms with Gasteiger partial charge in [0.1, 0.15) is 5.03 Å². The Bertz CT molecular complexity index is 248. The lowest BCUT2D eigenvalue weighted by atomic mass is 10.2. The molecule has 90 valence electrons. The van der Waals surface area contributed by atoms with E-state index in [-0.39, 0.29) is 0 Å². The summed E-state index contributed by atoms with van der Waals surface area (Å²) >= 11 is 4.01. The third-order valence-corrected chi connectivity index (χ3v) is 1.44. The molecule has 10 heteroatoms. The molecule has 0 nitrogen and oxygen atoms in total. The maximum atomic E-state index is 11.6. The molecule has 0 aliphatic carbocycles. The lowest BCUT2D eigenvalue weighted by molar-refractivity contribution is -0.179. The van der Waals surface area contributed by atoms with Crippen molar-refractivity contribution < 1.29 is 39.5 Å². The Morgan fingerprint density at radius 3 is 0.933 bits per heavy atom. The second-order valence-electron chi connectivity index (χ2n) is 2.18. The summed E-state index contributed by atoms with van der Waals surface area (Å²) in [6, 6.07) is 0. The summed E-state index contributed by atoms with van der Waals surface area (Å²) in [4.78, 5) is 0. The fourth-order valence-electron chi connectivity index (χ4n) is 0.551. The number of halogens is 10. The molecule has 0 heterocycles. The molecule has 0 spiro atoms. The van der Waals surface area contributed by atoms with Gasteiger partial charge in [0.15, 0.2) is 5.57 Å². The van der Waals surface area contributed by atoms with Crippen molar-refractivity contribution >= 4 is 11.6 Å². The minimum Gasteiger partial charge on any atom is -0.166 e. The van der Waals surface area contributed by atoms with Gasteiger partial charge in [-0.3, -0.25) is 0 Å². The van der Waals surface area contributed by atoms with Gasteiger partial charge in [-0.2, -0.15) is 39.5 Å². The first kappa shape index (κ1) is 14.4. The van der Waals surface area contributed by atoms with Crippen molar-refractivity contribution in [1.29, 1.82) is 0 Å². The Morgan fingerprint density at radius 1 is 0.600 bits per heavy atom. The van der Waals surface area contributed by atoms with Crippen LogP contribution in [0.15, 0.2) is 10.6 Å². The topological polar surface area (TPSA) is 0 Å². The first-order valence-electron chi connectivity index (χ1n) is 2.89. The summed E-state index contributed by atoms with van der Waals surface area (Å²) in [7, 11) is 0. The van der Waals surface area contributed by atoms with Crippen LogP contribution in [0.3, 0.4) is 0 Å². The van der Waals surface area contributed by atoms with Crippen LogP contribution in [0.5, 0.6) is 0 Å². The Labute approximate surface area is 81.3 Å². The molecule has 15 heavy (non-hydrogen) atoms. The third kappa shape index (κ3) is 3.80. The maximum Gasteiger partial charge on any atom is 0.427 e. The van der Waals surface area contributed by atoms with E-state index in [1.54, 1.807) is 0 Å². The van der Waals surface area contributed by atoms with Gasteiger partial charge < -0.3 is 0 Å². The zero-order valence-electron chi connectivity index (χ0n) is 6.28. The number of rotatable bonds is 0. The molecule has 0 amide bonds. The van der Waals surface area contributed by atoms with Crippen LogP contribution in [-0.4, -0.2) is 18.5 Å². The van der Waals surface area contributed by atoms with E-state index in [9.17, 15) is 39.5 Å². The number of hydrogen-bond donors (Lipinski definition) is 0. The predicted molar refractivity (Wildman–Crippen MR) is 31.0 cm³/mol. The molecule has 0 saturated carbocycles. The fraction of sp³-hybridized carbons (Fsp3) is 0.600. The van der Waals surface area contributed by atoms with E-state index >= 15 is 0 Å². The summed E-state index contributed by atoms with van der Waals surface area (Å²) in [5.41, 5.74) is -3.76.